The molecule has 2 heterocycles. The lowest BCUT2D eigenvalue weighted by molar-refractivity contribution is 0.206. The summed E-state index contributed by atoms with van der Waals surface area (Å²) in [5, 5.41) is 6.45. The molecular weight excluding hydrogens is 228 g/mol. The Morgan fingerprint density at radius 1 is 1.39 bits per heavy atom. The third-order valence-electron chi connectivity index (χ3n) is 3.44. The molecule has 2 unspecified atom stereocenters. The molecule has 0 amide bonds. The highest BCUT2D eigenvalue weighted by molar-refractivity contribution is 5.51. The van der Waals surface area contributed by atoms with Gasteiger partial charge in [-0.05, 0) is 25.9 Å². The molecule has 100 valence electrons. The van der Waals surface area contributed by atoms with Crippen LogP contribution in [-0.4, -0.2) is 48.1 Å². The van der Waals surface area contributed by atoms with Crippen molar-refractivity contribution in [2.45, 2.75) is 19.4 Å². The van der Waals surface area contributed by atoms with Crippen molar-refractivity contribution >= 4 is 17.6 Å². The Morgan fingerprint density at radius 2 is 2.11 bits per heavy atom. The molecule has 0 saturated carbocycles. The largest absolute Gasteiger partial charge is 0.373 e. The van der Waals surface area contributed by atoms with E-state index in [9.17, 15) is 0 Å². The summed E-state index contributed by atoms with van der Waals surface area (Å²) in [6, 6.07) is 2.33. The Hall–Kier alpha value is -1.56. The van der Waals surface area contributed by atoms with E-state index < -0.39 is 0 Å². The molecule has 0 aliphatic carbocycles. The number of nitrogens with zero attached hydrogens (tertiary/aromatic N) is 3. The van der Waals surface area contributed by atoms with Gasteiger partial charge in [0, 0.05) is 25.7 Å². The summed E-state index contributed by atoms with van der Waals surface area (Å²) in [5.74, 6) is 2.43. The van der Waals surface area contributed by atoms with E-state index >= 15 is 0 Å². The molecule has 1 aromatic rings. The van der Waals surface area contributed by atoms with Crippen LogP contribution < -0.4 is 16.4 Å². The lowest BCUT2D eigenvalue weighted by atomic mass is 9.94. The van der Waals surface area contributed by atoms with Crippen LogP contribution in [-0.2, 0) is 0 Å². The van der Waals surface area contributed by atoms with Gasteiger partial charge in [0.15, 0.2) is 0 Å². The number of nitrogens with two attached hydrogens (primary N) is 1. The van der Waals surface area contributed by atoms with Gasteiger partial charge >= 0.3 is 0 Å². The number of anilines is 3. The molecule has 6 nitrogen and oxygen atoms in total. The minimum absolute atomic E-state index is 0.296. The zero-order valence-electron chi connectivity index (χ0n) is 11.3. The van der Waals surface area contributed by atoms with Crippen LogP contribution in [0.2, 0.25) is 0 Å². The van der Waals surface area contributed by atoms with E-state index in [0.717, 1.165) is 31.1 Å². The fourth-order valence-corrected chi connectivity index (χ4v) is 2.43. The first-order valence-corrected chi connectivity index (χ1v) is 6.36. The molecule has 0 aromatic carbocycles. The standard InChI is InChI=1S/C12H22N6/c1-8-7-18(3)5-4-9(8)15-11-6-10(14-2)16-12(13)17-11/h6,8-9H,4-5,7H2,1-3H3,(H4,13,14,15,16,17). The van der Waals surface area contributed by atoms with Crippen LogP contribution in [0.3, 0.4) is 0 Å². The fraction of sp³-hybridized carbons (Fsp3) is 0.667. The van der Waals surface area contributed by atoms with Crippen molar-refractivity contribution < 1.29 is 0 Å². The van der Waals surface area contributed by atoms with Crippen molar-refractivity contribution in [3.8, 4) is 0 Å². The zero-order chi connectivity index (χ0) is 13.1. The van der Waals surface area contributed by atoms with Gasteiger partial charge in [-0.1, -0.05) is 6.92 Å². The van der Waals surface area contributed by atoms with E-state index in [1.807, 2.05) is 13.1 Å². The minimum atomic E-state index is 0.296. The number of hydrogen-bond donors (Lipinski definition) is 3. The molecule has 18 heavy (non-hydrogen) atoms. The van der Waals surface area contributed by atoms with E-state index in [2.05, 4.69) is 39.5 Å². The molecule has 6 heteroatoms. The van der Waals surface area contributed by atoms with Crippen LogP contribution in [0.5, 0.6) is 0 Å². The van der Waals surface area contributed by atoms with E-state index in [1.54, 1.807) is 0 Å². The Labute approximate surface area is 108 Å². The number of likely N-dealkylation sites (tertiary alicyclic amines) is 1. The summed E-state index contributed by atoms with van der Waals surface area (Å²) < 4.78 is 0. The third kappa shape index (κ3) is 3.01. The zero-order valence-corrected chi connectivity index (χ0v) is 11.3. The van der Waals surface area contributed by atoms with Crippen molar-refractivity contribution in [3.63, 3.8) is 0 Å². The third-order valence-corrected chi connectivity index (χ3v) is 3.44. The van der Waals surface area contributed by atoms with Crippen molar-refractivity contribution in [2.24, 2.45) is 5.92 Å². The number of aromatic nitrogens is 2. The SMILES string of the molecule is CNc1cc(NC2CCN(C)CC2C)nc(N)n1. The van der Waals surface area contributed by atoms with Crippen molar-refractivity contribution in [1.29, 1.82) is 0 Å². The molecule has 2 rings (SSSR count). The normalized spacial score (nSPS) is 24.8. The Bertz CT molecular complexity index is 408. The fourth-order valence-electron chi connectivity index (χ4n) is 2.43. The first-order chi connectivity index (χ1) is 8.58. The topological polar surface area (TPSA) is 79.1 Å². The molecule has 1 aromatic heterocycles. The lowest BCUT2D eigenvalue weighted by Gasteiger charge is -2.35. The number of piperidine rings is 1. The minimum Gasteiger partial charge on any atom is -0.373 e. The molecule has 0 bridgehead atoms. The van der Waals surface area contributed by atoms with E-state index in [1.165, 1.54) is 0 Å². The average Bonchev–Trinajstić information content (AvgIpc) is 2.32. The molecule has 4 N–H and O–H groups in total. The van der Waals surface area contributed by atoms with Gasteiger partial charge in [-0.25, -0.2) is 0 Å². The molecule has 1 fully saturated rings. The van der Waals surface area contributed by atoms with Crippen LogP contribution in [0.25, 0.3) is 0 Å². The Balaban J connectivity index is 2.06. The summed E-state index contributed by atoms with van der Waals surface area (Å²) in [6.45, 7) is 4.48. The summed E-state index contributed by atoms with van der Waals surface area (Å²) in [4.78, 5) is 10.7. The van der Waals surface area contributed by atoms with Gasteiger partial charge < -0.3 is 21.3 Å². The number of nitrogens with one attached hydrogen (secondary N) is 2. The van der Waals surface area contributed by atoms with Crippen LogP contribution in [0, 0.1) is 5.92 Å². The van der Waals surface area contributed by atoms with Gasteiger partial charge in [0.05, 0.1) is 0 Å². The second-order valence-electron chi connectivity index (χ2n) is 5.03. The summed E-state index contributed by atoms with van der Waals surface area (Å²) in [6.07, 6.45) is 1.12. The highest BCUT2D eigenvalue weighted by Crippen LogP contribution is 2.21. The monoisotopic (exact) mass is 250 g/mol. The predicted octanol–water partition coefficient (Wildman–Crippen LogP) is 0.853. The maximum absolute atomic E-state index is 5.69. The van der Waals surface area contributed by atoms with Crippen molar-refractivity contribution in [3.05, 3.63) is 6.07 Å². The van der Waals surface area contributed by atoms with Gasteiger partial charge in [-0.15, -0.1) is 0 Å². The van der Waals surface area contributed by atoms with Gasteiger partial charge in [0.2, 0.25) is 5.95 Å². The lowest BCUT2D eigenvalue weighted by Crippen LogP contribution is -2.43. The highest BCUT2D eigenvalue weighted by Gasteiger charge is 2.24. The molecule has 0 spiro atoms. The quantitative estimate of drug-likeness (QED) is 0.738. The van der Waals surface area contributed by atoms with Crippen LogP contribution in [0.15, 0.2) is 6.07 Å². The summed E-state index contributed by atoms with van der Waals surface area (Å²) >= 11 is 0. The number of hydrogen-bond acceptors (Lipinski definition) is 6. The Morgan fingerprint density at radius 3 is 2.78 bits per heavy atom. The number of rotatable bonds is 3. The van der Waals surface area contributed by atoms with Crippen LogP contribution in [0.4, 0.5) is 17.6 Å². The van der Waals surface area contributed by atoms with Gasteiger partial charge in [-0.2, -0.15) is 9.97 Å². The first kappa shape index (κ1) is 12.9. The first-order valence-electron chi connectivity index (χ1n) is 6.36. The van der Waals surface area contributed by atoms with Gasteiger partial charge in [-0.3, -0.25) is 0 Å². The van der Waals surface area contributed by atoms with Crippen LogP contribution in [0.1, 0.15) is 13.3 Å². The molecule has 1 aliphatic heterocycles. The Kier molecular flexibility index (Phi) is 3.86. The maximum atomic E-state index is 5.69. The molecule has 2 atom stereocenters. The summed E-state index contributed by atoms with van der Waals surface area (Å²) in [5.41, 5.74) is 5.69. The van der Waals surface area contributed by atoms with Crippen LogP contribution >= 0.6 is 0 Å². The maximum Gasteiger partial charge on any atom is 0.223 e. The van der Waals surface area contributed by atoms with E-state index in [4.69, 9.17) is 5.73 Å². The summed E-state index contributed by atoms with van der Waals surface area (Å²) in [7, 11) is 3.98. The number of nitrogen functional groups attached to an aromatic ring is 1. The van der Waals surface area contributed by atoms with E-state index in [0.29, 0.717) is 17.9 Å². The predicted molar refractivity (Wildman–Crippen MR) is 74.7 cm³/mol. The second-order valence-corrected chi connectivity index (χ2v) is 5.03. The molecule has 1 saturated heterocycles. The van der Waals surface area contributed by atoms with E-state index in [-0.39, 0.29) is 0 Å². The smallest absolute Gasteiger partial charge is 0.223 e. The van der Waals surface area contributed by atoms with Gasteiger partial charge in [0.25, 0.3) is 0 Å². The highest BCUT2D eigenvalue weighted by atomic mass is 15.2. The molecular formula is C12H22N6. The second kappa shape index (κ2) is 5.39. The average molecular weight is 250 g/mol. The molecule has 1 aliphatic rings. The molecule has 0 radical (unpaired) electrons. The van der Waals surface area contributed by atoms with Gasteiger partial charge in [0.1, 0.15) is 11.6 Å². The van der Waals surface area contributed by atoms with Crippen molar-refractivity contribution in [1.82, 2.24) is 14.9 Å². The van der Waals surface area contributed by atoms with Crippen molar-refractivity contribution in [2.75, 3.05) is 43.6 Å².